The molecule has 2 heteroatoms. The normalized spacial score (nSPS) is 12.8. The molecule has 0 heterocycles. The Hall–Kier alpha value is -1.75. The van der Waals surface area contributed by atoms with E-state index in [9.17, 15) is 4.79 Å². The van der Waals surface area contributed by atoms with Gasteiger partial charge < -0.3 is 4.74 Å². The molecule has 0 aliphatic heterocycles. The van der Waals surface area contributed by atoms with Crippen molar-refractivity contribution in [3.8, 4) is 12.3 Å². The standard InChI is InChI=1S/C18H26O2/c1-6-13-20-18(19)14-17(5)12-8-11-16(4)10-7-9-15(2)3/h1,8-9,12,14,16H,7,10-11,13H2,2-5H3. The monoisotopic (exact) mass is 274 g/mol. The SMILES string of the molecule is C#CCOC(=O)C=C(C)C=CCC(C)CCC=C(C)C. The number of allylic oxidation sites excluding steroid dienone is 5. The molecule has 0 saturated carbocycles. The van der Waals surface area contributed by atoms with E-state index in [1.807, 2.05) is 13.0 Å². The van der Waals surface area contributed by atoms with Gasteiger partial charge in [0.1, 0.15) is 0 Å². The van der Waals surface area contributed by atoms with Crippen LogP contribution in [0.4, 0.5) is 0 Å². The van der Waals surface area contributed by atoms with Gasteiger partial charge in [-0.2, -0.15) is 0 Å². The second-order valence-corrected chi connectivity index (χ2v) is 5.30. The summed E-state index contributed by atoms with van der Waals surface area (Å²) >= 11 is 0. The van der Waals surface area contributed by atoms with Crippen molar-refractivity contribution in [1.82, 2.24) is 0 Å². The van der Waals surface area contributed by atoms with Crippen molar-refractivity contribution in [2.45, 2.75) is 47.0 Å². The van der Waals surface area contributed by atoms with E-state index in [4.69, 9.17) is 11.2 Å². The topological polar surface area (TPSA) is 26.3 Å². The van der Waals surface area contributed by atoms with Crippen LogP contribution in [0.2, 0.25) is 0 Å². The minimum absolute atomic E-state index is 0.0216. The summed E-state index contributed by atoms with van der Waals surface area (Å²) in [6, 6.07) is 0. The molecule has 0 rings (SSSR count). The zero-order chi connectivity index (χ0) is 15.4. The molecule has 20 heavy (non-hydrogen) atoms. The van der Waals surface area contributed by atoms with E-state index < -0.39 is 0 Å². The summed E-state index contributed by atoms with van der Waals surface area (Å²) in [7, 11) is 0. The number of hydrogen-bond donors (Lipinski definition) is 0. The zero-order valence-electron chi connectivity index (χ0n) is 13.1. The maximum absolute atomic E-state index is 11.3. The van der Waals surface area contributed by atoms with Gasteiger partial charge in [-0.25, -0.2) is 4.79 Å². The molecule has 0 aromatic rings. The number of ether oxygens (including phenoxy) is 1. The predicted octanol–water partition coefficient (Wildman–Crippen LogP) is 4.44. The van der Waals surface area contributed by atoms with Crippen molar-refractivity contribution < 1.29 is 9.53 Å². The molecule has 0 aromatic heterocycles. The van der Waals surface area contributed by atoms with Crippen LogP contribution in [-0.2, 0) is 9.53 Å². The second kappa shape index (κ2) is 11.1. The summed E-state index contributed by atoms with van der Waals surface area (Å²) in [5.41, 5.74) is 2.25. The number of carbonyl (C=O) groups is 1. The summed E-state index contributed by atoms with van der Waals surface area (Å²) in [5.74, 6) is 2.52. The quantitative estimate of drug-likeness (QED) is 0.215. The van der Waals surface area contributed by atoms with Crippen LogP contribution < -0.4 is 0 Å². The van der Waals surface area contributed by atoms with Crippen LogP contribution in [0.25, 0.3) is 0 Å². The molecule has 0 bridgehead atoms. The highest BCUT2D eigenvalue weighted by atomic mass is 16.5. The molecule has 110 valence electrons. The molecule has 0 N–H and O–H groups in total. The molecule has 1 atom stereocenters. The van der Waals surface area contributed by atoms with Crippen molar-refractivity contribution >= 4 is 5.97 Å². The van der Waals surface area contributed by atoms with Gasteiger partial charge in [-0.15, -0.1) is 6.42 Å². The van der Waals surface area contributed by atoms with Gasteiger partial charge in [0, 0.05) is 6.08 Å². The predicted molar refractivity (Wildman–Crippen MR) is 85.1 cm³/mol. The van der Waals surface area contributed by atoms with Gasteiger partial charge in [-0.3, -0.25) is 0 Å². The van der Waals surface area contributed by atoms with E-state index in [0.717, 1.165) is 18.4 Å². The van der Waals surface area contributed by atoms with Crippen LogP contribution in [-0.4, -0.2) is 12.6 Å². The Labute approximate surface area is 123 Å². The minimum Gasteiger partial charge on any atom is -0.449 e. The second-order valence-electron chi connectivity index (χ2n) is 5.30. The van der Waals surface area contributed by atoms with Crippen LogP contribution in [0.3, 0.4) is 0 Å². The molecule has 0 fully saturated rings. The van der Waals surface area contributed by atoms with E-state index in [0.29, 0.717) is 5.92 Å². The smallest absolute Gasteiger partial charge is 0.331 e. The highest BCUT2D eigenvalue weighted by molar-refractivity contribution is 5.83. The molecule has 1 unspecified atom stereocenters. The molecule has 2 nitrogen and oxygen atoms in total. The third-order valence-corrected chi connectivity index (χ3v) is 2.77. The zero-order valence-corrected chi connectivity index (χ0v) is 13.1. The number of hydrogen-bond acceptors (Lipinski definition) is 2. The van der Waals surface area contributed by atoms with E-state index in [2.05, 4.69) is 38.8 Å². The van der Waals surface area contributed by atoms with Gasteiger partial charge in [0.15, 0.2) is 6.61 Å². The third kappa shape index (κ3) is 11.3. The van der Waals surface area contributed by atoms with Gasteiger partial charge in [-0.1, -0.05) is 36.6 Å². The van der Waals surface area contributed by atoms with E-state index >= 15 is 0 Å². The Balaban J connectivity index is 4.04. The summed E-state index contributed by atoms with van der Waals surface area (Å²) in [6.45, 7) is 8.38. The first-order valence-electron chi connectivity index (χ1n) is 7.04. The fourth-order valence-corrected chi connectivity index (χ4v) is 1.65. The minimum atomic E-state index is -0.387. The summed E-state index contributed by atoms with van der Waals surface area (Å²) in [5, 5.41) is 0. The summed E-state index contributed by atoms with van der Waals surface area (Å²) in [4.78, 5) is 11.3. The number of carbonyl (C=O) groups excluding carboxylic acids is 1. The average Bonchev–Trinajstić information content (AvgIpc) is 2.35. The van der Waals surface area contributed by atoms with Crippen LogP contribution >= 0.6 is 0 Å². The molecule has 0 amide bonds. The lowest BCUT2D eigenvalue weighted by molar-refractivity contribution is -0.136. The molecular weight excluding hydrogens is 248 g/mol. The van der Waals surface area contributed by atoms with Crippen molar-refractivity contribution in [3.05, 3.63) is 35.5 Å². The molecule has 0 spiro atoms. The average molecular weight is 274 g/mol. The highest BCUT2D eigenvalue weighted by Crippen LogP contribution is 2.13. The first-order valence-corrected chi connectivity index (χ1v) is 7.04. The Morgan fingerprint density at radius 1 is 1.35 bits per heavy atom. The van der Waals surface area contributed by atoms with Gasteiger partial charge in [0.2, 0.25) is 0 Å². The number of esters is 1. The first kappa shape index (κ1) is 18.2. The molecule has 0 aliphatic carbocycles. The van der Waals surface area contributed by atoms with Gasteiger partial charge in [0.05, 0.1) is 0 Å². The van der Waals surface area contributed by atoms with Gasteiger partial charge in [0.25, 0.3) is 0 Å². The Morgan fingerprint density at radius 3 is 2.65 bits per heavy atom. The van der Waals surface area contributed by atoms with Crippen LogP contribution in [0.5, 0.6) is 0 Å². The molecule has 0 aromatic carbocycles. The van der Waals surface area contributed by atoms with Gasteiger partial charge >= 0.3 is 5.97 Å². The summed E-state index contributed by atoms with van der Waals surface area (Å²) in [6.07, 6.45) is 16.1. The molecule has 0 saturated heterocycles. The molecular formula is C18H26O2. The molecule has 0 radical (unpaired) electrons. The van der Waals surface area contributed by atoms with E-state index in [1.54, 1.807) is 0 Å². The van der Waals surface area contributed by atoms with E-state index in [1.165, 1.54) is 18.1 Å². The lowest BCUT2D eigenvalue weighted by atomic mass is 10.0. The van der Waals surface area contributed by atoms with E-state index in [-0.39, 0.29) is 12.6 Å². The first-order chi connectivity index (χ1) is 9.45. The molecule has 0 aliphatic rings. The summed E-state index contributed by atoms with van der Waals surface area (Å²) < 4.78 is 4.77. The largest absolute Gasteiger partial charge is 0.449 e. The van der Waals surface area contributed by atoms with Gasteiger partial charge in [-0.05, 0) is 51.5 Å². The Morgan fingerprint density at radius 2 is 2.05 bits per heavy atom. The fourth-order valence-electron chi connectivity index (χ4n) is 1.65. The van der Waals surface area contributed by atoms with Crippen molar-refractivity contribution in [1.29, 1.82) is 0 Å². The van der Waals surface area contributed by atoms with Crippen molar-refractivity contribution in [2.24, 2.45) is 5.92 Å². The van der Waals surface area contributed by atoms with Crippen molar-refractivity contribution in [2.75, 3.05) is 6.61 Å². The van der Waals surface area contributed by atoms with Crippen LogP contribution in [0, 0.1) is 18.3 Å². The Kier molecular flexibility index (Phi) is 10.1. The lowest BCUT2D eigenvalue weighted by Gasteiger charge is -2.06. The van der Waals surface area contributed by atoms with Crippen LogP contribution in [0.15, 0.2) is 35.5 Å². The third-order valence-electron chi connectivity index (χ3n) is 2.77. The fraction of sp³-hybridized carbons (Fsp3) is 0.500. The maximum atomic E-state index is 11.3. The van der Waals surface area contributed by atoms with Crippen LogP contribution in [0.1, 0.15) is 47.0 Å². The lowest BCUT2D eigenvalue weighted by Crippen LogP contribution is -2.00. The maximum Gasteiger partial charge on any atom is 0.331 e. The number of rotatable bonds is 8. The van der Waals surface area contributed by atoms with Crippen molar-refractivity contribution in [3.63, 3.8) is 0 Å². The highest BCUT2D eigenvalue weighted by Gasteiger charge is 1.99. The Bertz CT molecular complexity index is 415. The number of terminal acetylenes is 1.